The van der Waals surface area contributed by atoms with Crippen LogP contribution in [0.4, 0.5) is 5.69 Å². The Labute approximate surface area is 112 Å². The van der Waals surface area contributed by atoms with Gasteiger partial charge in [0, 0.05) is 23.3 Å². The van der Waals surface area contributed by atoms with Crippen LogP contribution < -0.4 is 5.32 Å². The molecule has 1 aromatic heterocycles. The molecule has 18 heavy (non-hydrogen) atoms. The zero-order valence-corrected chi connectivity index (χ0v) is 11.2. The number of hydrogen-bond donors (Lipinski definition) is 1. The maximum atomic E-state index is 11.9. The van der Waals surface area contributed by atoms with Gasteiger partial charge in [0.25, 0.3) is 5.91 Å². The third kappa shape index (κ3) is 3.18. The third-order valence-electron chi connectivity index (χ3n) is 2.16. The summed E-state index contributed by atoms with van der Waals surface area (Å²) in [4.78, 5) is 11.9. The van der Waals surface area contributed by atoms with E-state index < -0.39 is 0 Å². The molecule has 6 heteroatoms. The van der Waals surface area contributed by atoms with Crippen molar-refractivity contribution in [3.8, 4) is 0 Å². The maximum Gasteiger partial charge on any atom is 0.277 e. The third-order valence-corrected chi connectivity index (χ3v) is 2.65. The second kappa shape index (κ2) is 5.79. The van der Waals surface area contributed by atoms with Gasteiger partial charge in [-0.25, -0.2) is 0 Å². The smallest absolute Gasteiger partial charge is 0.277 e. The lowest BCUT2D eigenvalue weighted by atomic mass is 10.3. The van der Waals surface area contributed by atoms with E-state index in [1.54, 1.807) is 25.3 Å². The first-order chi connectivity index (χ1) is 8.69. The second-order valence-corrected chi connectivity index (χ2v) is 4.49. The molecule has 1 heterocycles. The van der Waals surface area contributed by atoms with Crippen LogP contribution in [-0.2, 0) is 11.3 Å². The number of ether oxygens (including phenoxy) is 1. The van der Waals surface area contributed by atoms with Crippen molar-refractivity contribution in [2.45, 2.75) is 6.61 Å². The van der Waals surface area contributed by atoms with E-state index in [4.69, 9.17) is 9.26 Å². The molecule has 0 spiro atoms. The largest absolute Gasteiger partial charge is 0.377 e. The quantitative estimate of drug-likeness (QED) is 0.943. The number of amides is 1. The van der Waals surface area contributed by atoms with Gasteiger partial charge in [0.05, 0.1) is 0 Å². The van der Waals surface area contributed by atoms with Crippen LogP contribution in [-0.4, -0.2) is 18.2 Å². The second-order valence-electron chi connectivity index (χ2n) is 3.58. The average molecular weight is 311 g/mol. The number of rotatable bonds is 4. The molecule has 5 nitrogen and oxygen atoms in total. The summed E-state index contributed by atoms with van der Waals surface area (Å²) in [5.41, 5.74) is 0.910. The number of halogens is 1. The van der Waals surface area contributed by atoms with Crippen LogP contribution in [0.3, 0.4) is 0 Å². The molecule has 0 radical (unpaired) electrons. The van der Waals surface area contributed by atoms with Crippen LogP contribution in [0.2, 0.25) is 0 Å². The van der Waals surface area contributed by atoms with Crippen molar-refractivity contribution in [1.29, 1.82) is 0 Å². The van der Waals surface area contributed by atoms with Gasteiger partial charge in [-0.1, -0.05) is 27.2 Å². The fourth-order valence-electron chi connectivity index (χ4n) is 1.39. The number of hydrogen-bond acceptors (Lipinski definition) is 4. The Balaban J connectivity index is 2.07. The van der Waals surface area contributed by atoms with E-state index in [9.17, 15) is 4.79 Å². The highest BCUT2D eigenvalue weighted by molar-refractivity contribution is 9.10. The maximum absolute atomic E-state index is 11.9. The van der Waals surface area contributed by atoms with E-state index in [0.717, 1.165) is 4.47 Å². The number of carbonyl (C=O) groups excluding carboxylic acids is 1. The van der Waals surface area contributed by atoms with Crippen LogP contribution in [0.25, 0.3) is 0 Å². The Kier molecular flexibility index (Phi) is 4.11. The summed E-state index contributed by atoms with van der Waals surface area (Å²) < 4.78 is 10.7. The lowest BCUT2D eigenvalue weighted by molar-refractivity contribution is 0.101. The molecule has 2 rings (SSSR count). The molecule has 1 N–H and O–H groups in total. The molecule has 0 aliphatic rings. The van der Waals surface area contributed by atoms with Gasteiger partial charge < -0.3 is 14.6 Å². The SMILES string of the molecule is COCc1cc(C(=O)Nc2cccc(Br)c2)no1. The molecule has 0 aliphatic heterocycles. The number of nitrogens with one attached hydrogen (secondary N) is 1. The summed E-state index contributed by atoms with van der Waals surface area (Å²) in [5, 5.41) is 6.40. The zero-order valence-electron chi connectivity index (χ0n) is 9.64. The molecule has 0 saturated carbocycles. The van der Waals surface area contributed by atoms with E-state index in [1.807, 2.05) is 12.1 Å². The predicted molar refractivity (Wildman–Crippen MR) is 69.3 cm³/mol. The fourth-order valence-corrected chi connectivity index (χ4v) is 1.79. The molecule has 2 aromatic rings. The van der Waals surface area contributed by atoms with E-state index in [-0.39, 0.29) is 18.2 Å². The summed E-state index contributed by atoms with van der Waals surface area (Å²) >= 11 is 3.33. The number of benzene rings is 1. The molecule has 1 aromatic carbocycles. The van der Waals surface area contributed by atoms with Crippen molar-refractivity contribution in [3.05, 3.63) is 46.3 Å². The molecule has 94 valence electrons. The Bertz CT molecular complexity index is 554. The normalized spacial score (nSPS) is 10.3. The van der Waals surface area contributed by atoms with Crippen molar-refractivity contribution in [2.75, 3.05) is 12.4 Å². The van der Waals surface area contributed by atoms with E-state index in [1.165, 1.54) is 0 Å². The van der Waals surface area contributed by atoms with Gasteiger partial charge in [-0.3, -0.25) is 4.79 Å². The van der Waals surface area contributed by atoms with Crippen molar-refractivity contribution >= 4 is 27.5 Å². The Hall–Kier alpha value is -1.66. The van der Waals surface area contributed by atoms with Gasteiger partial charge in [-0.05, 0) is 18.2 Å². The number of nitrogens with zero attached hydrogens (tertiary/aromatic N) is 1. The lowest BCUT2D eigenvalue weighted by Crippen LogP contribution is -2.12. The molecule has 0 unspecified atom stereocenters. The van der Waals surface area contributed by atoms with Gasteiger partial charge in [-0.2, -0.15) is 0 Å². The topological polar surface area (TPSA) is 64.4 Å². The number of methoxy groups -OCH3 is 1. The Morgan fingerprint density at radius 1 is 1.50 bits per heavy atom. The molecule has 0 bridgehead atoms. The molecule has 0 fully saturated rings. The molecule has 1 amide bonds. The van der Waals surface area contributed by atoms with Crippen molar-refractivity contribution < 1.29 is 14.1 Å². The standard InChI is InChI=1S/C12H11BrN2O3/c1-17-7-10-6-11(15-18-10)12(16)14-9-4-2-3-8(13)5-9/h2-6H,7H2,1H3,(H,14,16). The van der Waals surface area contributed by atoms with Crippen LogP contribution in [0.15, 0.2) is 39.3 Å². The fraction of sp³-hybridized carbons (Fsp3) is 0.167. The molecule has 0 saturated heterocycles. The van der Waals surface area contributed by atoms with Crippen LogP contribution >= 0.6 is 15.9 Å². The van der Waals surface area contributed by atoms with Gasteiger partial charge >= 0.3 is 0 Å². The first-order valence-corrected chi connectivity index (χ1v) is 6.00. The Morgan fingerprint density at radius 3 is 3.06 bits per heavy atom. The number of aromatic nitrogens is 1. The zero-order chi connectivity index (χ0) is 13.0. The van der Waals surface area contributed by atoms with Crippen molar-refractivity contribution in [2.24, 2.45) is 0 Å². The highest BCUT2D eigenvalue weighted by Crippen LogP contribution is 2.16. The van der Waals surface area contributed by atoms with Crippen molar-refractivity contribution in [1.82, 2.24) is 5.16 Å². The highest BCUT2D eigenvalue weighted by atomic mass is 79.9. The van der Waals surface area contributed by atoms with E-state index in [0.29, 0.717) is 11.4 Å². The lowest BCUT2D eigenvalue weighted by Gasteiger charge is -2.02. The molecule has 0 aliphatic carbocycles. The van der Waals surface area contributed by atoms with E-state index in [2.05, 4.69) is 26.4 Å². The first-order valence-electron chi connectivity index (χ1n) is 5.20. The summed E-state index contributed by atoms with van der Waals surface area (Å²) in [6.07, 6.45) is 0. The van der Waals surface area contributed by atoms with Gasteiger partial charge in [0.15, 0.2) is 11.5 Å². The summed E-state index contributed by atoms with van der Waals surface area (Å²) in [6.45, 7) is 0.289. The van der Waals surface area contributed by atoms with Gasteiger partial charge in [0.1, 0.15) is 6.61 Å². The number of carbonyl (C=O) groups is 1. The monoisotopic (exact) mass is 310 g/mol. The van der Waals surface area contributed by atoms with Crippen molar-refractivity contribution in [3.63, 3.8) is 0 Å². The first kappa shape index (κ1) is 12.8. The molecule has 0 atom stereocenters. The Morgan fingerprint density at radius 2 is 2.33 bits per heavy atom. The number of anilines is 1. The summed E-state index contributed by atoms with van der Waals surface area (Å²) in [7, 11) is 1.55. The summed E-state index contributed by atoms with van der Waals surface area (Å²) in [6, 6.07) is 8.85. The summed E-state index contributed by atoms with van der Waals surface area (Å²) in [5.74, 6) is 0.191. The molecular formula is C12H11BrN2O3. The highest BCUT2D eigenvalue weighted by Gasteiger charge is 2.12. The van der Waals surface area contributed by atoms with Crippen LogP contribution in [0.5, 0.6) is 0 Å². The predicted octanol–water partition coefficient (Wildman–Crippen LogP) is 2.84. The minimum atomic E-state index is -0.320. The van der Waals surface area contributed by atoms with Crippen LogP contribution in [0.1, 0.15) is 16.2 Å². The molecular weight excluding hydrogens is 300 g/mol. The minimum Gasteiger partial charge on any atom is -0.377 e. The van der Waals surface area contributed by atoms with Gasteiger partial charge in [0.2, 0.25) is 0 Å². The van der Waals surface area contributed by atoms with E-state index >= 15 is 0 Å². The minimum absolute atomic E-state index is 0.224. The van der Waals surface area contributed by atoms with Crippen LogP contribution in [0, 0.1) is 0 Å². The van der Waals surface area contributed by atoms with Gasteiger partial charge in [-0.15, -0.1) is 0 Å². The average Bonchev–Trinajstić information content (AvgIpc) is 2.78.